The fourth-order valence-electron chi connectivity index (χ4n) is 3.31. The number of anilines is 3. The van der Waals surface area contributed by atoms with Gasteiger partial charge in [0.1, 0.15) is 11.2 Å². The summed E-state index contributed by atoms with van der Waals surface area (Å²) in [5.41, 5.74) is -0.547. The van der Waals surface area contributed by atoms with E-state index in [4.69, 9.17) is 0 Å². The van der Waals surface area contributed by atoms with E-state index in [-0.39, 0.29) is 16.9 Å². The van der Waals surface area contributed by atoms with Crippen molar-refractivity contribution >= 4 is 28.4 Å². The van der Waals surface area contributed by atoms with Crippen LogP contribution >= 0.6 is 0 Å². The molecule has 0 spiro atoms. The summed E-state index contributed by atoms with van der Waals surface area (Å²) in [7, 11) is 0. The first-order chi connectivity index (χ1) is 13.4. The topological polar surface area (TPSA) is 73.9 Å². The van der Waals surface area contributed by atoms with Gasteiger partial charge in [-0.25, -0.2) is 4.98 Å². The van der Waals surface area contributed by atoms with E-state index in [1.807, 2.05) is 4.90 Å². The Labute approximate surface area is 158 Å². The van der Waals surface area contributed by atoms with Crippen LogP contribution in [0.5, 0.6) is 0 Å². The van der Waals surface area contributed by atoms with Crippen LogP contribution in [0.25, 0.3) is 10.9 Å². The molecule has 1 fully saturated rings. The monoisotopic (exact) mass is 389 g/mol. The van der Waals surface area contributed by atoms with Crippen molar-refractivity contribution in [2.75, 3.05) is 23.3 Å². The summed E-state index contributed by atoms with van der Waals surface area (Å²) in [4.78, 5) is 25.9. The standard InChI is InChI=1S/C19H18F3N5O/c20-19(21,22)12-5-4-6-13(11-12)24-16-15-14(7-8-23-17(15)28)25-18(26-16)27-9-2-1-3-10-27/h4-8,11H,1-3,9-10H2,(H,23,28)(H,24,25,26). The van der Waals surface area contributed by atoms with Gasteiger partial charge in [0, 0.05) is 25.0 Å². The molecule has 2 aromatic heterocycles. The predicted molar refractivity (Wildman–Crippen MR) is 101 cm³/mol. The molecular weight excluding hydrogens is 371 g/mol. The van der Waals surface area contributed by atoms with Crippen LogP contribution in [-0.2, 0) is 6.18 Å². The van der Waals surface area contributed by atoms with Crippen LogP contribution in [0.1, 0.15) is 24.8 Å². The molecule has 0 atom stereocenters. The molecule has 146 valence electrons. The first-order valence-electron chi connectivity index (χ1n) is 9.00. The minimum absolute atomic E-state index is 0.187. The number of H-pyrrole nitrogens is 1. The van der Waals surface area contributed by atoms with Crippen molar-refractivity contribution in [3.63, 3.8) is 0 Å². The lowest BCUT2D eigenvalue weighted by molar-refractivity contribution is -0.137. The van der Waals surface area contributed by atoms with Crippen molar-refractivity contribution in [1.82, 2.24) is 15.0 Å². The van der Waals surface area contributed by atoms with E-state index in [1.54, 1.807) is 6.07 Å². The lowest BCUT2D eigenvalue weighted by atomic mass is 10.1. The highest BCUT2D eigenvalue weighted by atomic mass is 19.4. The van der Waals surface area contributed by atoms with Crippen LogP contribution in [0.3, 0.4) is 0 Å². The Balaban J connectivity index is 1.80. The smallest absolute Gasteiger partial charge is 0.341 e. The van der Waals surface area contributed by atoms with Crippen molar-refractivity contribution < 1.29 is 13.2 Å². The maximum atomic E-state index is 13.0. The van der Waals surface area contributed by atoms with E-state index < -0.39 is 17.3 Å². The highest BCUT2D eigenvalue weighted by molar-refractivity contribution is 5.91. The second kappa shape index (κ2) is 7.14. The van der Waals surface area contributed by atoms with Crippen molar-refractivity contribution in [3.05, 3.63) is 52.4 Å². The zero-order valence-electron chi connectivity index (χ0n) is 14.9. The van der Waals surface area contributed by atoms with Crippen LogP contribution in [0.4, 0.5) is 30.6 Å². The van der Waals surface area contributed by atoms with Gasteiger partial charge in [0.25, 0.3) is 5.56 Å². The molecule has 6 nitrogen and oxygen atoms in total. The van der Waals surface area contributed by atoms with Crippen molar-refractivity contribution in [2.45, 2.75) is 25.4 Å². The van der Waals surface area contributed by atoms with Gasteiger partial charge in [0.05, 0.1) is 11.1 Å². The Morgan fingerprint density at radius 3 is 2.61 bits per heavy atom. The summed E-state index contributed by atoms with van der Waals surface area (Å²) in [5.74, 6) is 0.652. The zero-order chi connectivity index (χ0) is 19.7. The summed E-state index contributed by atoms with van der Waals surface area (Å²) < 4.78 is 39.0. The molecule has 2 N–H and O–H groups in total. The third-order valence-corrected chi connectivity index (χ3v) is 4.70. The van der Waals surface area contributed by atoms with E-state index in [0.29, 0.717) is 11.5 Å². The van der Waals surface area contributed by atoms with Crippen molar-refractivity contribution in [2.24, 2.45) is 0 Å². The average Bonchev–Trinajstić information content (AvgIpc) is 2.68. The minimum atomic E-state index is -4.46. The summed E-state index contributed by atoms with van der Waals surface area (Å²) in [6.07, 6.45) is 0.215. The van der Waals surface area contributed by atoms with Gasteiger partial charge in [-0.05, 0) is 43.5 Å². The van der Waals surface area contributed by atoms with Gasteiger partial charge in [-0.2, -0.15) is 18.2 Å². The lowest BCUT2D eigenvalue weighted by Gasteiger charge is -2.27. The first kappa shape index (κ1) is 18.3. The number of benzene rings is 1. The normalized spacial score (nSPS) is 15.0. The molecule has 1 aromatic carbocycles. The van der Waals surface area contributed by atoms with Crippen LogP contribution in [-0.4, -0.2) is 28.0 Å². The third kappa shape index (κ3) is 3.64. The first-order valence-corrected chi connectivity index (χ1v) is 9.00. The van der Waals surface area contributed by atoms with Crippen LogP contribution in [0, 0.1) is 0 Å². The molecule has 0 radical (unpaired) electrons. The molecule has 28 heavy (non-hydrogen) atoms. The zero-order valence-corrected chi connectivity index (χ0v) is 14.9. The van der Waals surface area contributed by atoms with Gasteiger partial charge in [0.2, 0.25) is 5.95 Å². The number of aromatic amines is 1. The second-order valence-corrected chi connectivity index (χ2v) is 6.69. The SMILES string of the molecule is O=c1[nH]ccc2nc(N3CCCCC3)nc(Nc3cccc(C(F)(F)F)c3)c12. The molecule has 0 amide bonds. The maximum absolute atomic E-state index is 13.0. The Hall–Kier alpha value is -3.10. The summed E-state index contributed by atoms with van der Waals surface area (Å²) in [5, 5.41) is 3.09. The van der Waals surface area contributed by atoms with Gasteiger partial charge in [0.15, 0.2) is 0 Å². The second-order valence-electron chi connectivity index (χ2n) is 6.69. The minimum Gasteiger partial charge on any atom is -0.341 e. The number of nitrogens with one attached hydrogen (secondary N) is 2. The molecule has 1 saturated heterocycles. The Morgan fingerprint density at radius 2 is 1.86 bits per heavy atom. The van der Waals surface area contributed by atoms with Gasteiger partial charge in [-0.1, -0.05) is 6.07 Å². The van der Waals surface area contributed by atoms with E-state index in [9.17, 15) is 18.0 Å². The van der Waals surface area contributed by atoms with Gasteiger partial charge in [-0.15, -0.1) is 0 Å². The number of nitrogens with zero attached hydrogens (tertiary/aromatic N) is 3. The van der Waals surface area contributed by atoms with E-state index in [0.717, 1.165) is 44.5 Å². The number of piperidine rings is 1. The lowest BCUT2D eigenvalue weighted by Crippen LogP contribution is -2.31. The number of alkyl halides is 3. The largest absolute Gasteiger partial charge is 0.416 e. The summed E-state index contributed by atoms with van der Waals surface area (Å²) in [6, 6.07) is 6.45. The van der Waals surface area contributed by atoms with E-state index in [2.05, 4.69) is 20.3 Å². The highest BCUT2D eigenvalue weighted by Crippen LogP contribution is 2.32. The molecule has 3 heterocycles. The summed E-state index contributed by atoms with van der Waals surface area (Å²) >= 11 is 0. The molecule has 0 saturated carbocycles. The quantitative estimate of drug-likeness (QED) is 0.706. The third-order valence-electron chi connectivity index (χ3n) is 4.70. The number of aromatic nitrogens is 3. The van der Waals surface area contributed by atoms with Gasteiger partial charge in [-0.3, -0.25) is 4.79 Å². The van der Waals surface area contributed by atoms with Crippen molar-refractivity contribution in [3.8, 4) is 0 Å². The summed E-state index contributed by atoms with van der Waals surface area (Å²) in [6.45, 7) is 1.61. The van der Waals surface area contributed by atoms with Crippen LogP contribution in [0.15, 0.2) is 41.3 Å². The predicted octanol–water partition coefficient (Wildman–Crippen LogP) is 4.07. The number of fused-ring (bicyclic) bond motifs is 1. The molecular formula is C19H18F3N5O. The average molecular weight is 389 g/mol. The fourth-order valence-corrected chi connectivity index (χ4v) is 3.31. The van der Waals surface area contributed by atoms with E-state index in [1.165, 1.54) is 18.3 Å². The molecule has 0 aliphatic carbocycles. The Morgan fingerprint density at radius 1 is 1.07 bits per heavy atom. The van der Waals surface area contributed by atoms with Gasteiger partial charge < -0.3 is 15.2 Å². The molecule has 4 rings (SSSR count). The number of pyridine rings is 1. The maximum Gasteiger partial charge on any atom is 0.416 e. The van der Waals surface area contributed by atoms with E-state index >= 15 is 0 Å². The number of hydrogen-bond acceptors (Lipinski definition) is 5. The Kier molecular flexibility index (Phi) is 4.66. The number of hydrogen-bond donors (Lipinski definition) is 2. The highest BCUT2D eigenvalue weighted by Gasteiger charge is 2.30. The molecule has 0 unspecified atom stereocenters. The molecule has 9 heteroatoms. The molecule has 3 aromatic rings. The Bertz CT molecular complexity index is 1060. The molecule has 1 aliphatic rings. The molecule has 1 aliphatic heterocycles. The fraction of sp³-hybridized carbons (Fsp3) is 0.316. The molecule has 0 bridgehead atoms. The van der Waals surface area contributed by atoms with Gasteiger partial charge >= 0.3 is 6.18 Å². The number of halogens is 3. The van der Waals surface area contributed by atoms with Crippen LogP contribution in [0.2, 0.25) is 0 Å². The van der Waals surface area contributed by atoms with Crippen LogP contribution < -0.4 is 15.8 Å². The number of rotatable bonds is 3. The van der Waals surface area contributed by atoms with Crippen molar-refractivity contribution in [1.29, 1.82) is 0 Å².